The average Bonchev–Trinajstić information content (AvgIpc) is 2.81. The minimum absolute atomic E-state index is 0.0211. The fraction of sp³-hybridized carbons (Fsp3) is 0.353. The molecule has 0 aliphatic carbocycles. The third-order valence-corrected chi connectivity index (χ3v) is 4.30. The van der Waals surface area contributed by atoms with Gasteiger partial charge in [0.05, 0.1) is 10.7 Å². The molecule has 2 aromatic rings. The van der Waals surface area contributed by atoms with Crippen LogP contribution in [0.1, 0.15) is 34.6 Å². The Bertz CT molecular complexity index is 728. The van der Waals surface area contributed by atoms with Gasteiger partial charge in [-0.2, -0.15) is 5.10 Å². The molecule has 6 nitrogen and oxygen atoms in total. The Labute approximate surface area is 145 Å². The summed E-state index contributed by atoms with van der Waals surface area (Å²) in [6.45, 7) is 1.78. The Kier molecular flexibility index (Phi) is 5.98. The Morgan fingerprint density at radius 2 is 2.00 bits per heavy atom. The lowest BCUT2D eigenvalue weighted by Gasteiger charge is -2.17. The summed E-state index contributed by atoms with van der Waals surface area (Å²) < 4.78 is 1.54. The van der Waals surface area contributed by atoms with Crippen molar-refractivity contribution in [1.29, 1.82) is 0 Å². The molecule has 24 heavy (non-hydrogen) atoms. The van der Waals surface area contributed by atoms with Crippen LogP contribution in [0.25, 0.3) is 0 Å². The molecule has 1 aromatic carbocycles. The lowest BCUT2D eigenvalue weighted by Crippen LogP contribution is -2.37. The van der Waals surface area contributed by atoms with E-state index in [1.807, 2.05) is 30.3 Å². The molecule has 0 fully saturated rings. The molecule has 0 saturated heterocycles. The van der Waals surface area contributed by atoms with Crippen LogP contribution in [0.4, 0.5) is 0 Å². The molecule has 7 heteroatoms. The van der Waals surface area contributed by atoms with Gasteiger partial charge in [-0.15, -0.1) is 0 Å². The first-order valence-corrected chi connectivity index (χ1v) is 8.02. The van der Waals surface area contributed by atoms with Gasteiger partial charge in [-0.3, -0.25) is 14.3 Å². The third-order valence-electron chi connectivity index (χ3n) is 3.84. The molecule has 0 saturated carbocycles. The van der Waals surface area contributed by atoms with E-state index in [-0.39, 0.29) is 18.2 Å². The molecule has 0 aliphatic rings. The number of benzene rings is 1. The Morgan fingerprint density at radius 3 is 2.54 bits per heavy atom. The van der Waals surface area contributed by atoms with Gasteiger partial charge < -0.3 is 10.4 Å². The van der Waals surface area contributed by atoms with Gasteiger partial charge in [0.25, 0.3) is 5.91 Å². The van der Waals surface area contributed by atoms with Gasteiger partial charge in [-0.1, -0.05) is 41.9 Å². The summed E-state index contributed by atoms with van der Waals surface area (Å²) in [6, 6.07) is 9.30. The van der Waals surface area contributed by atoms with E-state index in [1.165, 1.54) is 0 Å². The molecule has 0 spiro atoms. The van der Waals surface area contributed by atoms with Crippen molar-refractivity contribution in [2.45, 2.75) is 32.2 Å². The molecular weight excluding hydrogens is 330 g/mol. The first kappa shape index (κ1) is 18.0. The predicted octanol–water partition coefficient (Wildman–Crippen LogP) is 2.59. The van der Waals surface area contributed by atoms with E-state index >= 15 is 0 Å². The molecule has 0 radical (unpaired) electrons. The quantitative estimate of drug-likeness (QED) is 0.804. The van der Waals surface area contributed by atoms with E-state index in [0.717, 1.165) is 5.56 Å². The molecule has 1 amide bonds. The number of aromatic nitrogens is 2. The summed E-state index contributed by atoms with van der Waals surface area (Å²) in [6.07, 6.45) is 0.857. The number of nitrogens with one attached hydrogen (secondary N) is 1. The fourth-order valence-corrected chi connectivity index (χ4v) is 2.65. The van der Waals surface area contributed by atoms with Crippen molar-refractivity contribution >= 4 is 23.5 Å². The van der Waals surface area contributed by atoms with Crippen LogP contribution < -0.4 is 5.32 Å². The number of carboxylic acids is 1. The maximum absolute atomic E-state index is 12.5. The van der Waals surface area contributed by atoms with Crippen LogP contribution in [0.15, 0.2) is 30.3 Å². The van der Waals surface area contributed by atoms with Crippen molar-refractivity contribution in [2.75, 3.05) is 0 Å². The summed E-state index contributed by atoms with van der Waals surface area (Å²) in [5.41, 5.74) is 1.88. The predicted molar refractivity (Wildman–Crippen MR) is 91.2 cm³/mol. The number of aliphatic carboxylic acids is 1. The summed E-state index contributed by atoms with van der Waals surface area (Å²) in [5, 5.41) is 16.2. The summed E-state index contributed by atoms with van der Waals surface area (Å²) >= 11 is 6.14. The molecule has 128 valence electrons. The van der Waals surface area contributed by atoms with Crippen molar-refractivity contribution in [1.82, 2.24) is 15.1 Å². The number of aryl methyl sites for hydroxylation is 1. The van der Waals surface area contributed by atoms with Gasteiger partial charge in [-0.05, 0) is 25.3 Å². The van der Waals surface area contributed by atoms with Gasteiger partial charge in [0.1, 0.15) is 0 Å². The molecule has 0 aliphatic heterocycles. The number of amides is 1. The number of rotatable bonds is 7. The highest BCUT2D eigenvalue weighted by atomic mass is 35.5. The monoisotopic (exact) mass is 349 g/mol. The topological polar surface area (TPSA) is 84.2 Å². The smallest absolute Gasteiger partial charge is 0.303 e. The highest BCUT2D eigenvalue weighted by molar-refractivity contribution is 6.34. The SMILES string of the molecule is Cc1c(Cl)c(C(=O)NC(CCC(=O)O)Cc2ccccc2)nn1C. The summed E-state index contributed by atoms with van der Waals surface area (Å²) in [7, 11) is 1.71. The second-order valence-corrected chi connectivity index (χ2v) is 6.04. The zero-order valence-electron chi connectivity index (χ0n) is 13.6. The minimum atomic E-state index is -0.894. The molecule has 1 heterocycles. The molecular formula is C17H20ClN3O3. The van der Waals surface area contributed by atoms with Gasteiger partial charge in [0, 0.05) is 19.5 Å². The van der Waals surface area contributed by atoms with Crippen LogP contribution in [0.2, 0.25) is 5.02 Å². The van der Waals surface area contributed by atoms with Crippen molar-refractivity contribution in [3.8, 4) is 0 Å². The van der Waals surface area contributed by atoms with Crippen molar-refractivity contribution in [3.05, 3.63) is 52.3 Å². The number of carboxylic acid groups (broad SMARTS) is 1. The van der Waals surface area contributed by atoms with Crippen LogP contribution in [-0.2, 0) is 18.3 Å². The Morgan fingerprint density at radius 1 is 1.33 bits per heavy atom. The van der Waals surface area contributed by atoms with Gasteiger partial charge >= 0.3 is 5.97 Å². The largest absolute Gasteiger partial charge is 0.481 e. The van der Waals surface area contributed by atoms with E-state index in [2.05, 4.69) is 10.4 Å². The van der Waals surface area contributed by atoms with E-state index < -0.39 is 11.9 Å². The standard InChI is InChI=1S/C17H20ClN3O3/c1-11-15(18)16(20-21(11)2)17(24)19-13(8-9-14(22)23)10-12-6-4-3-5-7-12/h3-7,13H,8-10H2,1-2H3,(H,19,24)(H,22,23). The number of nitrogens with zero attached hydrogens (tertiary/aromatic N) is 2. The van der Waals surface area contributed by atoms with E-state index in [9.17, 15) is 9.59 Å². The summed E-state index contributed by atoms with van der Waals surface area (Å²) in [4.78, 5) is 23.3. The van der Waals surface area contributed by atoms with Crippen molar-refractivity contribution in [2.24, 2.45) is 7.05 Å². The molecule has 1 atom stereocenters. The average molecular weight is 350 g/mol. The number of carbonyl (C=O) groups excluding carboxylic acids is 1. The zero-order chi connectivity index (χ0) is 17.7. The Balaban J connectivity index is 2.12. The van der Waals surface area contributed by atoms with Gasteiger partial charge in [-0.25, -0.2) is 0 Å². The molecule has 2 N–H and O–H groups in total. The van der Waals surface area contributed by atoms with E-state index in [4.69, 9.17) is 16.7 Å². The van der Waals surface area contributed by atoms with Crippen LogP contribution in [0.5, 0.6) is 0 Å². The molecule has 0 bridgehead atoms. The highest BCUT2D eigenvalue weighted by Crippen LogP contribution is 2.19. The lowest BCUT2D eigenvalue weighted by atomic mass is 10.0. The van der Waals surface area contributed by atoms with Gasteiger partial charge in [0.2, 0.25) is 0 Å². The molecule has 1 aromatic heterocycles. The normalized spacial score (nSPS) is 12.0. The van der Waals surface area contributed by atoms with Crippen LogP contribution in [-0.4, -0.2) is 32.8 Å². The van der Waals surface area contributed by atoms with Crippen LogP contribution in [0.3, 0.4) is 0 Å². The van der Waals surface area contributed by atoms with E-state index in [1.54, 1.807) is 18.7 Å². The minimum Gasteiger partial charge on any atom is -0.481 e. The maximum Gasteiger partial charge on any atom is 0.303 e. The zero-order valence-corrected chi connectivity index (χ0v) is 14.4. The third kappa shape index (κ3) is 4.58. The Hall–Kier alpha value is -2.34. The van der Waals surface area contributed by atoms with Crippen LogP contribution >= 0.6 is 11.6 Å². The first-order chi connectivity index (χ1) is 11.4. The lowest BCUT2D eigenvalue weighted by molar-refractivity contribution is -0.137. The van der Waals surface area contributed by atoms with Crippen LogP contribution in [0, 0.1) is 6.92 Å². The number of hydrogen-bond acceptors (Lipinski definition) is 3. The van der Waals surface area contributed by atoms with Gasteiger partial charge in [0.15, 0.2) is 5.69 Å². The molecule has 2 rings (SSSR count). The fourth-order valence-electron chi connectivity index (χ4n) is 2.40. The van der Waals surface area contributed by atoms with Crippen molar-refractivity contribution in [3.63, 3.8) is 0 Å². The second kappa shape index (κ2) is 7.97. The number of carbonyl (C=O) groups is 2. The van der Waals surface area contributed by atoms with E-state index in [0.29, 0.717) is 23.6 Å². The number of hydrogen-bond donors (Lipinski definition) is 2. The first-order valence-electron chi connectivity index (χ1n) is 7.64. The maximum atomic E-state index is 12.5. The van der Waals surface area contributed by atoms with Crippen molar-refractivity contribution < 1.29 is 14.7 Å². The summed E-state index contributed by atoms with van der Waals surface area (Å²) in [5.74, 6) is -1.29. The highest BCUT2D eigenvalue weighted by Gasteiger charge is 2.21. The second-order valence-electron chi connectivity index (χ2n) is 5.66. The molecule has 1 unspecified atom stereocenters. The number of halogens is 1.